The van der Waals surface area contributed by atoms with Crippen molar-refractivity contribution in [3.63, 3.8) is 0 Å². The molecule has 0 saturated heterocycles. The lowest BCUT2D eigenvalue weighted by atomic mass is 10.1. The van der Waals surface area contributed by atoms with E-state index in [1.807, 2.05) is 18.2 Å². The van der Waals surface area contributed by atoms with Crippen LogP contribution in [0.4, 0.5) is 0 Å². The van der Waals surface area contributed by atoms with E-state index in [9.17, 15) is 0 Å². The highest BCUT2D eigenvalue weighted by molar-refractivity contribution is 5.80. The van der Waals surface area contributed by atoms with Crippen molar-refractivity contribution in [1.29, 1.82) is 0 Å². The molecule has 0 fully saturated rings. The topological polar surface area (TPSA) is 47.6 Å². The molecule has 2 N–H and O–H groups in total. The zero-order valence-corrected chi connectivity index (χ0v) is 8.66. The second-order valence-corrected chi connectivity index (χ2v) is 3.07. The first-order chi connectivity index (χ1) is 6.76. The molecule has 0 spiro atoms. The summed E-state index contributed by atoms with van der Waals surface area (Å²) < 4.78 is 5.13. The Balaban J connectivity index is 2.58. The van der Waals surface area contributed by atoms with E-state index in [0.717, 1.165) is 18.6 Å². The molecule has 0 aliphatic rings. The molecule has 0 amide bonds. The first-order valence-corrected chi connectivity index (χ1v) is 4.60. The molecule has 0 unspecified atom stereocenters. The fourth-order valence-electron chi connectivity index (χ4n) is 1.21. The highest BCUT2D eigenvalue weighted by atomic mass is 16.5. The van der Waals surface area contributed by atoms with Gasteiger partial charge in [-0.2, -0.15) is 0 Å². The van der Waals surface area contributed by atoms with Crippen LogP contribution < -0.4 is 10.5 Å². The van der Waals surface area contributed by atoms with Gasteiger partial charge in [-0.3, -0.25) is 4.99 Å². The Morgan fingerprint density at radius 1 is 1.50 bits per heavy atom. The lowest BCUT2D eigenvalue weighted by Gasteiger charge is -2.03. The lowest BCUT2D eigenvalue weighted by Crippen LogP contribution is -2.12. The molecule has 1 aromatic carbocycles. The zero-order chi connectivity index (χ0) is 10.4. The highest BCUT2D eigenvalue weighted by Gasteiger charge is 1.97. The summed E-state index contributed by atoms with van der Waals surface area (Å²) in [6.07, 6.45) is 1.70. The Labute approximate surface area is 84.6 Å². The minimum absolute atomic E-state index is 0.688. The fourth-order valence-corrected chi connectivity index (χ4v) is 1.21. The van der Waals surface area contributed by atoms with Crippen LogP contribution in [-0.2, 0) is 6.42 Å². The van der Waals surface area contributed by atoms with Crippen molar-refractivity contribution in [2.24, 2.45) is 10.7 Å². The normalized spacial score (nSPS) is 11.4. The number of aliphatic imine (C=N–C) groups is 1. The highest BCUT2D eigenvalue weighted by Crippen LogP contribution is 2.13. The number of nitrogens with two attached hydrogens (primary N) is 1. The fraction of sp³-hybridized carbons (Fsp3) is 0.364. The molecule has 1 aromatic rings. The van der Waals surface area contributed by atoms with Gasteiger partial charge in [-0.25, -0.2) is 0 Å². The maximum absolute atomic E-state index is 5.61. The summed E-state index contributed by atoms with van der Waals surface area (Å²) in [7, 11) is 3.38. The number of amidine groups is 1. The molecule has 0 heterocycles. The van der Waals surface area contributed by atoms with Gasteiger partial charge in [-0.05, 0) is 24.1 Å². The van der Waals surface area contributed by atoms with Gasteiger partial charge in [0, 0.05) is 13.5 Å². The van der Waals surface area contributed by atoms with Gasteiger partial charge in [-0.15, -0.1) is 0 Å². The SMILES string of the molecule is CN=C(N)CCc1cccc(OC)c1. The molecule has 0 radical (unpaired) electrons. The van der Waals surface area contributed by atoms with E-state index in [1.54, 1.807) is 14.2 Å². The number of nitrogens with zero attached hydrogens (tertiary/aromatic N) is 1. The molecule has 14 heavy (non-hydrogen) atoms. The summed E-state index contributed by atoms with van der Waals surface area (Å²) in [5, 5.41) is 0. The van der Waals surface area contributed by atoms with Gasteiger partial charge in [0.15, 0.2) is 0 Å². The number of benzene rings is 1. The second-order valence-electron chi connectivity index (χ2n) is 3.07. The summed E-state index contributed by atoms with van der Waals surface area (Å²) in [5.74, 6) is 1.57. The maximum Gasteiger partial charge on any atom is 0.119 e. The number of methoxy groups -OCH3 is 1. The van der Waals surface area contributed by atoms with E-state index in [-0.39, 0.29) is 0 Å². The van der Waals surface area contributed by atoms with Gasteiger partial charge in [0.2, 0.25) is 0 Å². The van der Waals surface area contributed by atoms with Gasteiger partial charge >= 0.3 is 0 Å². The number of hydrogen-bond donors (Lipinski definition) is 1. The third kappa shape index (κ3) is 3.09. The van der Waals surface area contributed by atoms with Crippen LogP contribution in [0.3, 0.4) is 0 Å². The van der Waals surface area contributed by atoms with Crippen molar-refractivity contribution in [2.45, 2.75) is 12.8 Å². The molecule has 0 atom stereocenters. The molecular weight excluding hydrogens is 176 g/mol. The van der Waals surface area contributed by atoms with E-state index in [4.69, 9.17) is 10.5 Å². The summed E-state index contributed by atoms with van der Waals surface area (Å²) >= 11 is 0. The zero-order valence-electron chi connectivity index (χ0n) is 8.66. The summed E-state index contributed by atoms with van der Waals surface area (Å²) in [4.78, 5) is 3.91. The number of hydrogen-bond acceptors (Lipinski definition) is 2. The van der Waals surface area contributed by atoms with Gasteiger partial charge in [0.25, 0.3) is 0 Å². The van der Waals surface area contributed by atoms with E-state index in [1.165, 1.54) is 5.56 Å². The van der Waals surface area contributed by atoms with Crippen LogP contribution in [0, 0.1) is 0 Å². The number of ether oxygens (including phenoxy) is 1. The van der Waals surface area contributed by atoms with Crippen molar-refractivity contribution < 1.29 is 4.74 Å². The molecule has 3 heteroatoms. The van der Waals surface area contributed by atoms with Crippen molar-refractivity contribution >= 4 is 5.84 Å². The van der Waals surface area contributed by atoms with Crippen molar-refractivity contribution in [1.82, 2.24) is 0 Å². The van der Waals surface area contributed by atoms with E-state index in [2.05, 4.69) is 11.1 Å². The molecule has 0 aromatic heterocycles. The molecular formula is C11H16N2O. The Morgan fingerprint density at radius 3 is 2.93 bits per heavy atom. The van der Waals surface area contributed by atoms with Crippen LogP contribution in [0.25, 0.3) is 0 Å². The lowest BCUT2D eigenvalue weighted by molar-refractivity contribution is 0.414. The molecule has 1 rings (SSSR count). The molecule has 0 aliphatic carbocycles. The predicted molar refractivity (Wildman–Crippen MR) is 58.9 cm³/mol. The van der Waals surface area contributed by atoms with Gasteiger partial charge in [0.1, 0.15) is 5.75 Å². The molecule has 0 bridgehead atoms. The molecule has 3 nitrogen and oxygen atoms in total. The Morgan fingerprint density at radius 2 is 2.29 bits per heavy atom. The molecule has 0 saturated carbocycles. The minimum atomic E-state index is 0.688. The summed E-state index contributed by atoms with van der Waals surface area (Å²) in [6, 6.07) is 7.99. The quantitative estimate of drug-likeness (QED) is 0.582. The van der Waals surface area contributed by atoms with Crippen LogP contribution in [0.2, 0.25) is 0 Å². The largest absolute Gasteiger partial charge is 0.497 e. The van der Waals surface area contributed by atoms with Crippen LogP contribution in [0.1, 0.15) is 12.0 Å². The summed E-state index contributed by atoms with van der Waals surface area (Å²) in [5.41, 5.74) is 6.83. The third-order valence-corrected chi connectivity index (χ3v) is 2.09. The number of aryl methyl sites for hydroxylation is 1. The standard InChI is InChI=1S/C11H16N2O/c1-13-11(12)7-6-9-4-3-5-10(8-9)14-2/h3-5,8H,6-7H2,1-2H3,(H2,12,13). The first-order valence-electron chi connectivity index (χ1n) is 4.60. The first kappa shape index (κ1) is 10.6. The smallest absolute Gasteiger partial charge is 0.119 e. The van der Waals surface area contributed by atoms with Crippen molar-refractivity contribution in [3.8, 4) is 5.75 Å². The monoisotopic (exact) mass is 192 g/mol. The van der Waals surface area contributed by atoms with E-state index >= 15 is 0 Å². The van der Waals surface area contributed by atoms with Crippen LogP contribution in [0.15, 0.2) is 29.3 Å². The second kappa shape index (κ2) is 5.27. The van der Waals surface area contributed by atoms with Crippen LogP contribution in [0.5, 0.6) is 5.75 Å². The van der Waals surface area contributed by atoms with Crippen LogP contribution in [-0.4, -0.2) is 20.0 Å². The Kier molecular flexibility index (Phi) is 3.98. The van der Waals surface area contributed by atoms with Crippen molar-refractivity contribution in [2.75, 3.05) is 14.2 Å². The Hall–Kier alpha value is -1.51. The average molecular weight is 192 g/mol. The molecule has 76 valence electrons. The summed E-state index contributed by atoms with van der Waals surface area (Å²) in [6.45, 7) is 0. The van der Waals surface area contributed by atoms with Gasteiger partial charge in [-0.1, -0.05) is 12.1 Å². The minimum Gasteiger partial charge on any atom is -0.497 e. The number of rotatable bonds is 4. The van der Waals surface area contributed by atoms with E-state index in [0.29, 0.717) is 5.84 Å². The molecule has 0 aliphatic heterocycles. The van der Waals surface area contributed by atoms with Crippen molar-refractivity contribution in [3.05, 3.63) is 29.8 Å². The average Bonchev–Trinajstić information content (AvgIpc) is 2.26. The van der Waals surface area contributed by atoms with Crippen LogP contribution >= 0.6 is 0 Å². The van der Waals surface area contributed by atoms with Gasteiger partial charge in [0.05, 0.1) is 12.9 Å². The Bertz CT molecular complexity index is 321. The predicted octanol–water partition coefficient (Wildman–Crippen LogP) is 1.61. The maximum atomic E-state index is 5.61. The third-order valence-electron chi connectivity index (χ3n) is 2.09. The van der Waals surface area contributed by atoms with Gasteiger partial charge < -0.3 is 10.5 Å². The van der Waals surface area contributed by atoms with E-state index < -0.39 is 0 Å².